The van der Waals surface area contributed by atoms with E-state index >= 15 is 0 Å². The number of hydrogen-bond acceptors (Lipinski definition) is 3. The van der Waals surface area contributed by atoms with Gasteiger partial charge in [0.2, 0.25) is 0 Å². The maximum absolute atomic E-state index is 5.36. The van der Waals surface area contributed by atoms with Crippen LogP contribution in [0.5, 0.6) is 0 Å². The van der Waals surface area contributed by atoms with Crippen LogP contribution in [0.15, 0.2) is 30.3 Å². The summed E-state index contributed by atoms with van der Waals surface area (Å²) >= 11 is 0. The molecule has 0 fully saturated rings. The number of hydrogen-bond donors (Lipinski definition) is 3. The molecule has 0 saturated heterocycles. The van der Waals surface area contributed by atoms with Crippen LogP contribution in [0.25, 0.3) is 0 Å². The van der Waals surface area contributed by atoms with Gasteiger partial charge in [-0.05, 0) is 12.1 Å². The summed E-state index contributed by atoms with van der Waals surface area (Å²) in [6.07, 6.45) is 0. The van der Waals surface area contributed by atoms with Gasteiger partial charge in [-0.3, -0.25) is 0 Å². The first kappa shape index (κ1) is 29.8. The van der Waals surface area contributed by atoms with Crippen LogP contribution < -0.4 is 18.0 Å². The van der Waals surface area contributed by atoms with Crippen molar-refractivity contribution in [3.63, 3.8) is 0 Å². The topological polar surface area (TPSA) is 96.0 Å². The molecule has 0 heterocycles. The molecule has 76 valence electrons. The maximum Gasteiger partial charge on any atom is 0.0313 e. The Labute approximate surface area is 91.5 Å². The summed E-state index contributed by atoms with van der Waals surface area (Å²) in [5.74, 6) is 0. The predicted octanol–water partition coefficient (Wildman–Crippen LogP) is 2.86. The summed E-state index contributed by atoms with van der Waals surface area (Å²) in [6, 6.07) is 9.49. The lowest BCUT2D eigenvalue weighted by atomic mass is 10.3. The van der Waals surface area contributed by atoms with Gasteiger partial charge in [0, 0.05) is 5.69 Å². The molecule has 0 unspecified atom stereocenters. The van der Waals surface area contributed by atoms with Crippen molar-refractivity contribution in [1.82, 2.24) is 12.3 Å². The summed E-state index contributed by atoms with van der Waals surface area (Å²) in [5, 5.41) is 0. The van der Waals surface area contributed by atoms with E-state index in [1.54, 1.807) is 0 Å². The van der Waals surface area contributed by atoms with E-state index < -0.39 is 0 Å². The molecule has 0 aliphatic carbocycles. The minimum absolute atomic E-state index is 0. The monoisotopic (exact) mass is 235 g/mol. The van der Waals surface area contributed by atoms with Gasteiger partial charge in [0.1, 0.15) is 0 Å². The van der Waals surface area contributed by atoms with Gasteiger partial charge in [0.15, 0.2) is 0 Å². The van der Waals surface area contributed by atoms with Crippen molar-refractivity contribution in [2.45, 2.75) is 0 Å². The van der Waals surface area contributed by atoms with Crippen molar-refractivity contribution in [1.29, 1.82) is 0 Å². The fourth-order valence-corrected chi connectivity index (χ4v) is 0.453. The summed E-state index contributed by atoms with van der Waals surface area (Å²) in [4.78, 5) is 0. The Morgan fingerprint density at radius 3 is 1.25 bits per heavy atom. The Kier molecular flexibility index (Phi) is 42.3. The van der Waals surface area contributed by atoms with Crippen LogP contribution in [-0.2, 0) is 0 Å². The van der Waals surface area contributed by atoms with Crippen LogP contribution in [0.4, 0.5) is 5.69 Å². The Bertz CT molecular complexity index is 148. The van der Waals surface area contributed by atoms with Crippen LogP contribution in [0.3, 0.4) is 0 Å². The molecule has 3 nitrogen and oxygen atoms in total. The molecule has 6 heteroatoms. The number of anilines is 1. The number of rotatable bonds is 0. The SMILES string of the molecule is Cl.Cl.Cl.N.N.Nc1ccccc1. The molecule has 1 aromatic rings. The molecule has 8 N–H and O–H groups in total. The molecule has 0 bridgehead atoms. The fourth-order valence-electron chi connectivity index (χ4n) is 0.453. The van der Waals surface area contributed by atoms with Crippen molar-refractivity contribution in [3.05, 3.63) is 30.3 Å². The highest BCUT2D eigenvalue weighted by molar-refractivity contribution is 5.86. The second kappa shape index (κ2) is 17.1. The van der Waals surface area contributed by atoms with Crippen molar-refractivity contribution >= 4 is 42.9 Å². The molecule has 0 aliphatic heterocycles. The lowest BCUT2D eigenvalue weighted by Gasteiger charge is -1.83. The molecule has 0 aromatic heterocycles. The first-order valence-electron chi connectivity index (χ1n) is 2.20. The van der Waals surface area contributed by atoms with Gasteiger partial charge in [0.25, 0.3) is 0 Å². The van der Waals surface area contributed by atoms with Gasteiger partial charge in [0.05, 0.1) is 0 Å². The third kappa shape index (κ3) is 12.5. The van der Waals surface area contributed by atoms with Crippen molar-refractivity contribution in [2.24, 2.45) is 0 Å². The van der Waals surface area contributed by atoms with Crippen molar-refractivity contribution < 1.29 is 0 Å². The van der Waals surface area contributed by atoms with Gasteiger partial charge >= 0.3 is 0 Å². The molecular weight excluding hydrogens is 220 g/mol. The van der Waals surface area contributed by atoms with Crippen molar-refractivity contribution in [2.75, 3.05) is 5.73 Å². The highest BCUT2D eigenvalue weighted by atomic mass is 35.5. The Morgan fingerprint density at radius 1 is 0.750 bits per heavy atom. The molecule has 12 heavy (non-hydrogen) atoms. The minimum atomic E-state index is 0. The Balaban J connectivity index is -0.0000000327. The first-order valence-corrected chi connectivity index (χ1v) is 2.20. The summed E-state index contributed by atoms with van der Waals surface area (Å²) in [6.45, 7) is 0. The van der Waals surface area contributed by atoms with Crippen LogP contribution in [0.1, 0.15) is 0 Å². The number of halogens is 3. The van der Waals surface area contributed by atoms with E-state index in [2.05, 4.69) is 0 Å². The summed E-state index contributed by atoms with van der Waals surface area (Å²) in [7, 11) is 0. The highest BCUT2D eigenvalue weighted by Gasteiger charge is 1.72. The smallest absolute Gasteiger partial charge is 0.0313 e. The zero-order chi connectivity index (χ0) is 5.11. The van der Waals surface area contributed by atoms with E-state index in [-0.39, 0.29) is 49.5 Å². The third-order valence-electron chi connectivity index (χ3n) is 0.800. The van der Waals surface area contributed by atoms with Gasteiger partial charge in [-0.25, -0.2) is 0 Å². The number of para-hydroxylation sites is 1. The van der Waals surface area contributed by atoms with Crippen LogP contribution in [-0.4, -0.2) is 0 Å². The summed E-state index contributed by atoms with van der Waals surface area (Å²) < 4.78 is 0. The van der Waals surface area contributed by atoms with Crippen LogP contribution >= 0.6 is 37.2 Å². The average molecular weight is 237 g/mol. The van der Waals surface area contributed by atoms with E-state index in [0.29, 0.717) is 0 Å². The van der Waals surface area contributed by atoms with Gasteiger partial charge < -0.3 is 18.0 Å². The van der Waals surface area contributed by atoms with E-state index in [0.717, 1.165) is 5.69 Å². The van der Waals surface area contributed by atoms with E-state index in [1.807, 2.05) is 30.3 Å². The molecule has 0 radical (unpaired) electrons. The van der Waals surface area contributed by atoms with E-state index in [9.17, 15) is 0 Å². The quantitative estimate of drug-likeness (QED) is 0.604. The molecule has 0 spiro atoms. The molecule has 0 atom stereocenters. The zero-order valence-corrected chi connectivity index (χ0v) is 9.05. The Morgan fingerprint density at radius 2 is 1.08 bits per heavy atom. The number of nitrogen functional groups attached to an aromatic ring is 1. The van der Waals surface area contributed by atoms with Crippen molar-refractivity contribution in [3.8, 4) is 0 Å². The van der Waals surface area contributed by atoms with Gasteiger partial charge in [-0.15, -0.1) is 37.2 Å². The van der Waals surface area contributed by atoms with Gasteiger partial charge in [-0.2, -0.15) is 0 Å². The fraction of sp³-hybridized carbons (Fsp3) is 0. The lowest BCUT2D eigenvalue weighted by Crippen LogP contribution is -1.79. The maximum atomic E-state index is 5.36. The largest absolute Gasteiger partial charge is 0.399 e. The number of nitrogens with two attached hydrogens (primary N) is 1. The average Bonchev–Trinajstić information content (AvgIpc) is 1.69. The highest BCUT2D eigenvalue weighted by Crippen LogP contribution is 1.95. The standard InChI is InChI=1S/C6H7N.3ClH.2H3N/c7-6-4-2-1-3-5-6;;;;;/h1-5H,7H2;3*1H;2*1H3. The van der Waals surface area contributed by atoms with E-state index in [1.165, 1.54) is 0 Å². The lowest BCUT2D eigenvalue weighted by molar-refractivity contribution is 1.69. The normalized spacial score (nSPS) is 5.00. The molecule has 0 saturated carbocycles. The number of benzene rings is 1. The Hall–Kier alpha value is -0.190. The molecule has 1 aromatic carbocycles. The summed E-state index contributed by atoms with van der Waals surface area (Å²) in [5.41, 5.74) is 6.18. The van der Waals surface area contributed by atoms with Gasteiger partial charge in [-0.1, -0.05) is 18.2 Å². The predicted molar refractivity (Wildman–Crippen MR) is 62.6 cm³/mol. The second-order valence-corrected chi connectivity index (χ2v) is 1.41. The second-order valence-electron chi connectivity index (χ2n) is 1.41. The molecular formula is C6H16Cl3N3. The third-order valence-corrected chi connectivity index (χ3v) is 0.800. The first-order chi connectivity index (χ1) is 3.39. The van der Waals surface area contributed by atoms with Crippen LogP contribution in [0, 0.1) is 0 Å². The minimum Gasteiger partial charge on any atom is -0.399 e. The molecule has 1 rings (SSSR count). The zero-order valence-electron chi connectivity index (χ0n) is 6.60. The molecule has 0 amide bonds. The molecule has 0 aliphatic rings. The van der Waals surface area contributed by atoms with Crippen LogP contribution in [0.2, 0.25) is 0 Å². The van der Waals surface area contributed by atoms with E-state index in [4.69, 9.17) is 5.73 Å².